The van der Waals surface area contributed by atoms with Crippen LogP contribution in [0.4, 0.5) is 14.5 Å². The molecule has 0 saturated carbocycles. The number of aromatic nitrogens is 4. The molecule has 2 aromatic heterocycles. The van der Waals surface area contributed by atoms with Gasteiger partial charge in [-0.1, -0.05) is 0 Å². The van der Waals surface area contributed by atoms with Gasteiger partial charge in [-0.2, -0.15) is 0 Å². The third-order valence-corrected chi connectivity index (χ3v) is 3.91. The fourth-order valence-corrected chi connectivity index (χ4v) is 2.50. The molecule has 4 aromatic rings. The Morgan fingerprint density at radius 1 is 1.00 bits per heavy atom. The number of halogens is 2. The molecule has 0 aliphatic heterocycles. The number of imidazole rings is 1. The Morgan fingerprint density at radius 2 is 1.83 bits per heavy atom. The lowest BCUT2D eigenvalue weighted by Gasteiger charge is -2.08. The average molecular weight is 393 g/mol. The summed E-state index contributed by atoms with van der Waals surface area (Å²) in [6.45, 7) is 0. The van der Waals surface area contributed by atoms with E-state index in [0.717, 1.165) is 12.1 Å². The molecule has 0 unspecified atom stereocenters. The van der Waals surface area contributed by atoms with Gasteiger partial charge in [0.1, 0.15) is 23.7 Å². The van der Waals surface area contributed by atoms with E-state index in [0.29, 0.717) is 29.2 Å². The number of rotatable bonds is 5. The maximum atomic E-state index is 13.7. The van der Waals surface area contributed by atoms with E-state index < -0.39 is 17.5 Å². The van der Waals surface area contributed by atoms with E-state index >= 15 is 0 Å². The van der Waals surface area contributed by atoms with E-state index in [9.17, 15) is 13.6 Å². The number of carbonyl (C=O) groups is 1. The second kappa shape index (κ2) is 7.85. The number of nitrogens with one attached hydrogen (secondary N) is 1. The first-order chi connectivity index (χ1) is 14.1. The van der Waals surface area contributed by atoms with Gasteiger partial charge in [0.2, 0.25) is 5.88 Å². The van der Waals surface area contributed by atoms with Gasteiger partial charge in [-0.05, 0) is 42.5 Å². The second-order valence-corrected chi connectivity index (χ2v) is 5.90. The molecule has 29 heavy (non-hydrogen) atoms. The third-order valence-electron chi connectivity index (χ3n) is 3.91. The molecule has 4 rings (SSSR count). The van der Waals surface area contributed by atoms with Crippen molar-refractivity contribution in [2.45, 2.75) is 0 Å². The van der Waals surface area contributed by atoms with E-state index in [1.165, 1.54) is 0 Å². The molecule has 7 nitrogen and oxygen atoms in total. The molecular weight excluding hydrogens is 380 g/mol. The highest BCUT2D eigenvalue weighted by Gasteiger charge is 2.13. The number of hydrogen-bond donors (Lipinski definition) is 1. The molecule has 0 bridgehead atoms. The first kappa shape index (κ1) is 18.2. The van der Waals surface area contributed by atoms with Crippen LogP contribution in [-0.4, -0.2) is 25.7 Å². The van der Waals surface area contributed by atoms with E-state index in [-0.39, 0.29) is 5.56 Å². The largest absolute Gasteiger partial charge is 0.438 e. The zero-order valence-corrected chi connectivity index (χ0v) is 14.8. The van der Waals surface area contributed by atoms with Gasteiger partial charge in [0.25, 0.3) is 5.91 Å². The van der Waals surface area contributed by atoms with Crippen LogP contribution in [0.25, 0.3) is 5.82 Å². The molecule has 0 fully saturated rings. The Kier molecular flexibility index (Phi) is 4.93. The second-order valence-electron chi connectivity index (χ2n) is 5.90. The maximum absolute atomic E-state index is 13.7. The number of amides is 1. The van der Waals surface area contributed by atoms with Gasteiger partial charge in [-0.15, -0.1) is 10.2 Å². The first-order valence-electron chi connectivity index (χ1n) is 8.45. The highest BCUT2D eigenvalue weighted by Crippen LogP contribution is 2.22. The average Bonchev–Trinajstić information content (AvgIpc) is 3.25. The predicted molar refractivity (Wildman–Crippen MR) is 100.0 cm³/mol. The van der Waals surface area contributed by atoms with Gasteiger partial charge in [0, 0.05) is 30.2 Å². The zero-order chi connectivity index (χ0) is 20.2. The Bertz CT molecular complexity index is 1130. The van der Waals surface area contributed by atoms with Crippen molar-refractivity contribution < 1.29 is 18.3 Å². The van der Waals surface area contributed by atoms with Crippen molar-refractivity contribution >= 4 is 11.6 Å². The number of hydrogen-bond acceptors (Lipinski definition) is 5. The van der Waals surface area contributed by atoms with Crippen molar-refractivity contribution in [3.05, 3.63) is 90.5 Å². The monoisotopic (exact) mass is 393 g/mol. The van der Waals surface area contributed by atoms with Gasteiger partial charge in [-0.3, -0.25) is 9.36 Å². The molecule has 2 heterocycles. The van der Waals surface area contributed by atoms with Crippen LogP contribution in [-0.2, 0) is 0 Å². The Hall–Kier alpha value is -4.14. The third kappa shape index (κ3) is 4.24. The molecule has 1 N–H and O–H groups in total. The van der Waals surface area contributed by atoms with E-state index in [4.69, 9.17) is 4.74 Å². The summed E-state index contributed by atoms with van der Waals surface area (Å²) < 4.78 is 34.0. The predicted octanol–water partition coefficient (Wildman–Crippen LogP) is 3.99. The van der Waals surface area contributed by atoms with Crippen LogP contribution in [0.15, 0.2) is 73.3 Å². The van der Waals surface area contributed by atoms with Crippen LogP contribution in [0.3, 0.4) is 0 Å². The molecule has 0 aliphatic carbocycles. The van der Waals surface area contributed by atoms with Gasteiger partial charge >= 0.3 is 0 Å². The summed E-state index contributed by atoms with van der Waals surface area (Å²) in [7, 11) is 0. The van der Waals surface area contributed by atoms with Gasteiger partial charge in [0.05, 0.1) is 5.56 Å². The standard InChI is InChI=1S/C20H13F2N5O2/c21-13-1-6-16(17(22)11-13)20(28)24-14-2-4-15(5-3-14)29-19-8-7-18(25-26-19)27-10-9-23-12-27/h1-12H,(H,24,28). The van der Waals surface area contributed by atoms with Gasteiger partial charge in [-0.25, -0.2) is 13.8 Å². The van der Waals surface area contributed by atoms with Gasteiger partial charge < -0.3 is 10.1 Å². The van der Waals surface area contributed by atoms with Crippen LogP contribution < -0.4 is 10.1 Å². The lowest BCUT2D eigenvalue weighted by atomic mass is 10.2. The molecule has 0 aliphatic rings. The van der Waals surface area contributed by atoms with Crippen molar-refractivity contribution in [1.82, 2.24) is 19.7 Å². The SMILES string of the molecule is O=C(Nc1ccc(Oc2ccc(-n3ccnc3)nn2)cc1)c1ccc(F)cc1F. The smallest absolute Gasteiger partial charge is 0.258 e. The number of ether oxygens (including phenoxy) is 1. The van der Waals surface area contributed by atoms with Crippen molar-refractivity contribution in [1.29, 1.82) is 0 Å². The lowest BCUT2D eigenvalue weighted by Crippen LogP contribution is -2.13. The summed E-state index contributed by atoms with van der Waals surface area (Å²) in [6.07, 6.45) is 4.99. The van der Waals surface area contributed by atoms with Crippen LogP contribution in [0.5, 0.6) is 11.6 Å². The fourth-order valence-electron chi connectivity index (χ4n) is 2.50. The number of carbonyl (C=O) groups excluding carboxylic acids is 1. The molecule has 9 heteroatoms. The summed E-state index contributed by atoms with van der Waals surface area (Å²) in [5, 5.41) is 10.6. The summed E-state index contributed by atoms with van der Waals surface area (Å²) >= 11 is 0. The molecule has 1 amide bonds. The first-order valence-corrected chi connectivity index (χ1v) is 8.45. The lowest BCUT2D eigenvalue weighted by molar-refractivity contribution is 0.102. The summed E-state index contributed by atoms with van der Waals surface area (Å²) in [4.78, 5) is 16.1. The van der Waals surface area contributed by atoms with Crippen molar-refractivity contribution in [3.8, 4) is 17.4 Å². The fraction of sp³-hybridized carbons (Fsp3) is 0. The van der Waals surface area contributed by atoms with E-state index in [1.807, 2.05) is 0 Å². The Labute approximate surface area is 163 Å². The van der Waals surface area contributed by atoms with Crippen molar-refractivity contribution in [2.24, 2.45) is 0 Å². The maximum Gasteiger partial charge on any atom is 0.258 e. The minimum Gasteiger partial charge on any atom is -0.438 e. The summed E-state index contributed by atoms with van der Waals surface area (Å²) in [5.74, 6) is -1.00. The quantitative estimate of drug-likeness (QED) is 0.555. The number of benzene rings is 2. The molecular formula is C20H13F2N5O2. The van der Waals surface area contributed by atoms with Crippen LogP contribution in [0.1, 0.15) is 10.4 Å². The molecule has 0 spiro atoms. The number of anilines is 1. The normalized spacial score (nSPS) is 10.6. The van der Waals surface area contributed by atoms with Gasteiger partial charge in [0.15, 0.2) is 5.82 Å². The van der Waals surface area contributed by atoms with E-state index in [1.54, 1.807) is 59.7 Å². The molecule has 0 radical (unpaired) electrons. The zero-order valence-electron chi connectivity index (χ0n) is 14.8. The van der Waals surface area contributed by atoms with E-state index in [2.05, 4.69) is 20.5 Å². The Morgan fingerprint density at radius 3 is 2.48 bits per heavy atom. The van der Waals surface area contributed by atoms with Crippen molar-refractivity contribution in [3.63, 3.8) is 0 Å². The molecule has 2 aromatic carbocycles. The molecule has 0 saturated heterocycles. The topological polar surface area (TPSA) is 81.9 Å². The summed E-state index contributed by atoms with van der Waals surface area (Å²) in [6, 6.07) is 12.6. The van der Waals surface area contributed by atoms with Crippen molar-refractivity contribution in [2.75, 3.05) is 5.32 Å². The highest BCUT2D eigenvalue weighted by atomic mass is 19.1. The minimum atomic E-state index is -0.930. The summed E-state index contributed by atoms with van der Waals surface area (Å²) in [5.41, 5.74) is 0.174. The Balaban J connectivity index is 1.40. The number of nitrogens with zero attached hydrogens (tertiary/aromatic N) is 4. The van der Waals surface area contributed by atoms with Crippen LogP contribution >= 0.6 is 0 Å². The van der Waals surface area contributed by atoms with Crippen LogP contribution in [0, 0.1) is 11.6 Å². The highest BCUT2D eigenvalue weighted by molar-refractivity contribution is 6.04. The minimum absolute atomic E-state index is 0.250. The molecule has 144 valence electrons. The molecule has 0 atom stereocenters. The van der Waals surface area contributed by atoms with Crippen LogP contribution in [0.2, 0.25) is 0 Å².